The van der Waals surface area contributed by atoms with Crippen LogP contribution in [0.3, 0.4) is 0 Å². The number of carboxylic acids is 1. The maximum atomic E-state index is 12.6. The monoisotopic (exact) mass is 583 g/mol. The van der Waals surface area contributed by atoms with Crippen molar-refractivity contribution in [3.63, 3.8) is 0 Å². The molecule has 3 N–H and O–H groups in total. The van der Waals surface area contributed by atoms with E-state index >= 15 is 0 Å². The van der Waals surface area contributed by atoms with Crippen LogP contribution in [0.25, 0.3) is 0 Å². The first-order chi connectivity index (χ1) is 18.9. The lowest BCUT2D eigenvalue weighted by molar-refractivity contribution is -0.139. The maximum Gasteiger partial charge on any atom is 0.514 e. The van der Waals surface area contributed by atoms with E-state index in [1.807, 2.05) is 27.7 Å². The zero-order chi connectivity index (χ0) is 31.5. The van der Waals surface area contributed by atoms with Gasteiger partial charge in [-0.05, 0) is 77.5 Å². The lowest BCUT2D eigenvalue weighted by Crippen LogP contribution is -2.38. The van der Waals surface area contributed by atoms with Gasteiger partial charge in [-0.3, -0.25) is 4.79 Å². The van der Waals surface area contributed by atoms with Gasteiger partial charge in [-0.2, -0.15) is 0 Å². The van der Waals surface area contributed by atoms with Crippen molar-refractivity contribution in [1.82, 2.24) is 0 Å². The van der Waals surface area contributed by atoms with Gasteiger partial charge in [0.05, 0.1) is 6.61 Å². The SMILES string of the molecule is CCC(C)(C)OC(=O)Oc1ccc(C(CC(C)OC(=O)OCC(C)C)[C@H](N)C(=O)O)cc1OC(=O)OC(C)(C)CC. The first-order valence-electron chi connectivity index (χ1n) is 13.7. The van der Waals surface area contributed by atoms with Crippen LogP contribution in [-0.2, 0) is 23.7 Å². The second-order valence-electron chi connectivity index (χ2n) is 11.4. The van der Waals surface area contributed by atoms with E-state index in [9.17, 15) is 24.3 Å². The molecule has 0 saturated heterocycles. The Morgan fingerprint density at radius 1 is 0.854 bits per heavy atom. The van der Waals surface area contributed by atoms with Crippen LogP contribution in [0.15, 0.2) is 18.2 Å². The Hall–Kier alpha value is -3.54. The molecule has 0 bridgehead atoms. The van der Waals surface area contributed by atoms with Crippen molar-refractivity contribution in [2.75, 3.05) is 6.61 Å². The fraction of sp³-hybridized carbons (Fsp3) is 0.655. The maximum absolute atomic E-state index is 12.6. The Kier molecular flexibility index (Phi) is 13.4. The molecule has 0 fully saturated rings. The van der Waals surface area contributed by atoms with Crippen LogP contribution in [0.2, 0.25) is 0 Å². The predicted molar refractivity (Wildman–Crippen MR) is 149 cm³/mol. The van der Waals surface area contributed by atoms with Crippen molar-refractivity contribution in [3.05, 3.63) is 23.8 Å². The summed E-state index contributed by atoms with van der Waals surface area (Å²) in [4.78, 5) is 49.0. The molecule has 0 heterocycles. The van der Waals surface area contributed by atoms with Gasteiger partial charge in [0.2, 0.25) is 0 Å². The Bertz CT molecular complexity index is 1050. The second kappa shape index (κ2) is 15.5. The fourth-order valence-corrected chi connectivity index (χ4v) is 3.24. The third-order valence-corrected chi connectivity index (χ3v) is 6.34. The molecule has 0 aliphatic rings. The van der Waals surface area contributed by atoms with E-state index in [-0.39, 0.29) is 30.4 Å². The minimum atomic E-state index is -1.42. The summed E-state index contributed by atoms with van der Waals surface area (Å²) < 4.78 is 31.7. The Labute approximate surface area is 241 Å². The van der Waals surface area contributed by atoms with Crippen molar-refractivity contribution in [2.45, 2.75) is 111 Å². The van der Waals surface area contributed by atoms with E-state index < -0.39 is 53.7 Å². The zero-order valence-electron chi connectivity index (χ0n) is 25.5. The van der Waals surface area contributed by atoms with E-state index in [0.717, 1.165) is 0 Å². The predicted octanol–water partition coefficient (Wildman–Crippen LogP) is 6.18. The summed E-state index contributed by atoms with van der Waals surface area (Å²) in [7, 11) is 0. The molecule has 1 aromatic carbocycles. The highest BCUT2D eigenvalue weighted by molar-refractivity contribution is 5.75. The molecule has 0 amide bonds. The van der Waals surface area contributed by atoms with Crippen LogP contribution in [0.4, 0.5) is 14.4 Å². The number of benzene rings is 1. The van der Waals surface area contributed by atoms with E-state index in [1.165, 1.54) is 18.2 Å². The number of carboxylic acid groups (broad SMARTS) is 1. The molecule has 1 rings (SSSR count). The Morgan fingerprint density at radius 3 is 1.83 bits per heavy atom. The first-order valence-corrected chi connectivity index (χ1v) is 13.7. The van der Waals surface area contributed by atoms with Gasteiger partial charge in [0.1, 0.15) is 23.3 Å². The average molecular weight is 584 g/mol. The highest BCUT2D eigenvalue weighted by atomic mass is 16.8. The molecule has 0 aromatic heterocycles. The summed E-state index contributed by atoms with van der Waals surface area (Å²) in [6.07, 6.45) is -2.77. The van der Waals surface area contributed by atoms with Crippen LogP contribution in [0, 0.1) is 5.92 Å². The van der Waals surface area contributed by atoms with Crippen molar-refractivity contribution in [2.24, 2.45) is 11.7 Å². The lowest BCUT2D eigenvalue weighted by atomic mass is 9.87. The van der Waals surface area contributed by atoms with Gasteiger partial charge in [0.25, 0.3) is 0 Å². The third kappa shape index (κ3) is 12.7. The highest BCUT2D eigenvalue weighted by Gasteiger charge is 2.31. The fourth-order valence-electron chi connectivity index (χ4n) is 3.24. The van der Waals surface area contributed by atoms with Gasteiger partial charge in [0.15, 0.2) is 11.5 Å². The number of hydrogen-bond donors (Lipinski definition) is 2. The smallest absolute Gasteiger partial charge is 0.480 e. The number of aliphatic carboxylic acids is 1. The molecule has 0 aliphatic carbocycles. The highest BCUT2D eigenvalue weighted by Crippen LogP contribution is 2.35. The molecule has 12 heteroatoms. The average Bonchev–Trinajstić information content (AvgIpc) is 2.86. The Morgan fingerprint density at radius 2 is 1.37 bits per heavy atom. The number of ether oxygens (including phenoxy) is 6. The normalized spacial score (nSPS) is 13.9. The molecule has 232 valence electrons. The number of carbonyl (C=O) groups excluding carboxylic acids is 3. The first kappa shape index (κ1) is 35.5. The van der Waals surface area contributed by atoms with Crippen molar-refractivity contribution < 1.29 is 52.7 Å². The molecule has 2 unspecified atom stereocenters. The molecule has 0 radical (unpaired) electrons. The van der Waals surface area contributed by atoms with Gasteiger partial charge < -0.3 is 39.3 Å². The minimum Gasteiger partial charge on any atom is -0.480 e. The quantitative estimate of drug-likeness (QED) is 0.145. The summed E-state index contributed by atoms with van der Waals surface area (Å²) in [5.41, 5.74) is 4.68. The van der Waals surface area contributed by atoms with Crippen LogP contribution in [0.5, 0.6) is 11.5 Å². The van der Waals surface area contributed by atoms with E-state index in [1.54, 1.807) is 34.6 Å². The molecule has 0 saturated carbocycles. The van der Waals surface area contributed by atoms with Gasteiger partial charge in [0, 0.05) is 5.92 Å². The summed E-state index contributed by atoms with van der Waals surface area (Å²) in [5, 5.41) is 9.68. The molecule has 0 spiro atoms. The van der Waals surface area contributed by atoms with Crippen LogP contribution in [0.1, 0.15) is 93.1 Å². The second-order valence-corrected chi connectivity index (χ2v) is 11.4. The van der Waals surface area contributed by atoms with Gasteiger partial charge >= 0.3 is 24.4 Å². The number of rotatable bonds is 14. The number of hydrogen-bond acceptors (Lipinski definition) is 11. The number of carbonyl (C=O) groups is 4. The molecule has 41 heavy (non-hydrogen) atoms. The Balaban J connectivity index is 3.38. The zero-order valence-corrected chi connectivity index (χ0v) is 25.5. The summed E-state index contributed by atoms with van der Waals surface area (Å²) in [5.74, 6) is -2.50. The standard InChI is InChI=1S/C29H45NO11/c1-10-28(6,7)40-26(34)38-21-13-12-19(15-22(21)39-27(35)41-29(8,9)11-2)20(23(30)24(31)32)14-18(5)37-25(33)36-16-17(3)4/h12-13,15,17-18,20,23H,10-11,14,16,30H2,1-9H3,(H,31,32)/t18?,20?,23-/m0/s1. The molecule has 1 aromatic rings. The largest absolute Gasteiger partial charge is 0.514 e. The lowest BCUT2D eigenvalue weighted by Gasteiger charge is -2.26. The van der Waals surface area contributed by atoms with Gasteiger partial charge in [-0.15, -0.1) is 0 Å². The molecule has 12 nitrogen and oxygen atoms in total. The van der Waals surface area contributed by atoms with E-state index in [2.05, 4.69) is 0 Å². The minimum absolute atomic E-state index is 0.00999. The van der Waals surface area contributed by atoms with Crippen molar-refractivity contribution in [1.29, 1.82) is 0 Å². The molecular weight excluding hydrogens is 538 g/mol. The van der Waals surface area contributed by atoms with E-state index in [0.29, 0.717) is 18.4 Å². The molecule has 3 atom stereocenters. The van der Waals surface area contributed by atoms with Crippen molar-refractivity contribution in [3.8, 4) is 11.5 Å². The van der Waals surface area contributed by atoms with E-state index in [4.69, 9.17) is 34.2 Å². The van der Waals surface area contributed by atoms with Crippen LogP contribution < -0.4 is 15.2 Å². The van der Waals surface area contributed by atoms with Crippen LogP contribution >= 0.6 is 0 Å². The van der Waals surface area contributed by atoms with Gasteiger partial charge in [-0.25, -0.2) is 14.4 Å². The molecular formula is C29H45NO11. The van der Waals surface area contributed by atoms with Crippen LogP contribution in [-0.4, -0.2) is 59.5 Å². The van der Waals surface area contributed by atoms with Gasteiger partial charge in [-0.1, -0.05) is 33.8 Å². The number of nitrogens with two attached hydrogens (primary N) is 1. The molecule has 0 aliphatic heterocycles. The summed E-state index contributed by atoms with van der Waals surface area (Å²) in [6.45, 7) is 15.9. The summed E-state index contributed by atoms with van der Waals surface area (Å²) >= 11 is 0. The topological polar surface area (TPSA) is 170 Å². The third-order valence-electron chi connectivity index (χ3n) is 6.34. The summed E-state index contributed by atoms with van der Waals surface area (Å²) in [6, 6.07) is 2.70. The van der Waals surface area contributed by atoms with Crippen molar-refractivity contribution >= 4 is 24.4 Å².